The number of aromatic nitrogens is 3. The number of amides is 1. The number of hydrogen-bond acceptors (Lipinski definition) is 9. The lowest BCUT2D eigenvalue weighted by Gasteiger charge is -2.27. The average molecular weight is 497 g/mol. The Bertz CT molecular complexity index is 1430. The van der Waals surface area contributed by atoms with Gasteiger partial charge < -0.3 is 20.3 Å². The van der Waals surface area contributed by atoms with Gasteiger partial charge in [-0.1, -0.05) is 48.5 Å². The van der Waals surface area contributed by atoms with Gasteiger partial charge in [0.1, 0.15) is 0 Å². The molecule has 1 aliphatic rings. The number of anilines is 5. The number of benzene rings is 3. The van der Waals surface area contributed by atoms with Crippen molar-refractivity contribution in [2.75, 3.05) is 47.3 Å². The van der Waals surface area contributed by atoms with Crippen LogP contribution < -0.4 is 21.0 Å². The first kappa shape index (κ1) is 24.1. The maximum atomic E-state index is 11.3. The van der Waals surface area contributed by atoms with E-state index in [-0.39, 0.29) is 5.91 Å². The summed E-state index contributed by atoms with van der Waals surface area (Å²) in [5, 5.41) is 12.8. The lowest BCUT2D eigenvalue weighted by molar-refractivity contribution is -0.114. The first-order valence-electron chi connectivity index (χ1n) is 12.1. The third-order valence-electron chi connectivity index (χ3n) is 5.90. The van der Waals surface area contributed by atoms with Crippen molar-refractivity contribution in [3.63, 3.8) is 0 Å². The van der Waals surface area contributed by atoms with Crippen LogP contribution in [-0.4, -0.2) is 52.9 Å². The molecule has 188 valence electrons. The molecule has 1 amide bonds. The predicted molar refractivity (Wildman–Crippen MR) is 147 cm³/mol. The molecule has 3 N–H and O–H groups in total. The number of rotatable bonds is 7. The van der Waals surface area contributed by atoms with Crippen LogP contribution in [0.25, 0.3) is 10.8 Å². The van der Waals surface area contributed by atoms with Crippen molar-refractivity contribution in [2.24, 2.45) is 5.10 Å². The predicted octanol–water partition coefficient (Wildman–Crippen LogP) is 4.40. The van der Waals surface area contributed by atoms with Crippen LogP contribution in [0.2, 0.25) is 0 Å². The maximum absolute atomic E-state index is 11.3. The number of hydrazone groups is 1. The van der Waals surface area contributed by atoms with E-state index in [1.807, 2.05) is 55.5 Å². The molecule has 0 saturated carbocycles. The molecular formula is C27H28N8O2. The van der Waals surface area contributed by atoms with Crippen molar-refractivity contribution in [1.29, 1.82) is 0 Å². The molecule has 1 aromatic heterocycles. The highest BCUT2D eigenvalue weighted by Crippen LogP contribution is 2.26. The summed E-state index contributed by atoms with van der Waals surface area (Å²) in [4.78, 5) is 27.2. The van der Waals surface area contributed by atoms with Crippen LogP contribution in [0.4, 0.5) is 29.2 Å². The minimum atomic E-state index is -0.112. The molecule has 10 heteroatoms. The van der Waals surface area contributed by atoms with E-state index in [1.54, 1.807) is 0 Å². The lowest BCUT2D eigenvalue weighted by Crippen LogP contribution is -2.37. The molecule has 4 aromatic rings. The molecule has 2 heterocycles. The summed E-state index contributed by atoms with van der Waals surface area (Å²) >= 11 is 0. The van der Waals surface area contributed by atoms with E-state index < -0.39 is 0 Å². The lowest BCUT2D eigenvalue weighted by atomic mass is 10.1. The number of morpholine rings is 1. The van der Waals surface area contributed by atoms with Gasteiger partial charge in [-0.2, -0.15) is 20.1 Å². The second kappa shape index (κ2) is 11.0. The van der Waals surface area contributed by atoms with Gasteiger partial charge in [0.25, 0.3) is 0 Å². The van der Waals surface area contributed by atoms with Crippen LogP contribution in [0.5, 0.6) is 0 Å². The average Bonchev–Trinajstić information content (AvgIpc) is 2.92. The van der Waals surface area contributed by atoms with Crippen molar-refractivity contribution in [3.8, 4) is 0 Å². The summed E-state index contributed by atoms with van der Waals surface area (Å²) in [5.74, 6) is 1.19. The second-order valence-electron chi connectivity index (χ2n) is 8.60. The van der Waals surface area contributed by atoms with Gasteiger partial charge in [-0.3, -0.25) is 4.79 Å². The molecule has 0 radical (unpaired) electrons. The minimum absolute atomic E-state index is 0.112. The summed E-state index contributed by atoms with van der Waals surface area (Å²) in [7, 11) is 0. The van der Waals surface area contributed by atoms with E-state index in [0.717, 1.165) is 33.4 Å². The van der Waals surface area contributed by atoms with E-state index in [2.05, 4.69) is 54.2 Å². The normalized spacial score (nSPS) is 13.9. The molecule has 37 heavy (non-hydrogen) atoms. The standard InChI is InChI=1S/C27H28N8O2/c1-18(20-10-12-22(13-11-20)28-19(2)36)33-34-26-30-25(31-27(32-26)35-14-16-37-17-15-35)29-24-9-5-7-21-6-3-4-8-23(21)24/h3-13H,14-17H2,1-2H3,(H,28,36)(H2,29,30,31,32,34)/b33-18-. The fraction of sp³-hybridized carbons (Fsp3) is 0.222. The first-order valence-corrected chi connectivity index (χ1v) is 12.1. The number of ether oxygens (including phenoxy) is 1. The summed E-state index contributed by atoms with van der Waals surface area (Å²) in [6.07, 6.45) is 0. The molecule has 0 atom stereocenters. The van der Waals surface area contributed by atoms with Gasteiger partial charge in [-0.25, -0.2) is 5.43 Å². The zero-order valence-corrected chi connectivity index (χ0v) is 20.7. The molecule has 3 aromatic carbocycles. The van der Waals surface area contributed by atoms with Gasteiger partial charge in [0.2, 0.25) is 23.8 Å². The number of carbonyl (C=O) groups excluding carboxylic acids is 1. The highest BCUT2D eigenvalue weighted by Gasteiger charge is 2.17. The number of nitrogens with zero attached hydrogens (tertiary/aromatic N) is 5. The van der Waals surface area contributed by atoms with Crippen LogP contribution in [0, 0.1) is 0 Å². The second-order valence-corrected chi connectivity index (χ2v) is 8.60. The van der Waals surface area contributed by atoms with Gasteiger partial charge in [0, 0.05) is 36.8 Å². The summed E-state index contributed by atoms with van der Waals surface area (Å²) in [6, 6.07) is 21.7. The van der Waals surface area contributed by atoms with E-state index in [0.29, 0.717) is 44.1 Å². The summed E-state index contributed by atoms with van der Waals surface area (Å²) < 4.78 is 5.49. The fourth-order valence-corrected chi connectivity index (χ4v) is 4.03. The third-order valence-corrected chi connectivity index (χ3v) is 5.90. The van der Waals surface area contributed by atoms with Crippen LogP contribution >= 0.6 is 0 Å². The summed E-state index contributed by atoms with van der Waals surface area (Å²) in [5.41, 5.74) is 6.27. The SMILES string of the molecule is CC(=O)Nc1ccc(/C(C)=N\Nc2nc(Nc3cccc4ccccc34)nc(N3CCOCC3)n2)cc1. The molecule has 0 unspecified atom stereocenters. The monoisotopic (exact) mass is 496 g/mol. The van der Waals surface area contributed by atoms with Crippen molar-refractivity contribution in [1.82, 2.24) is 15.0 Å². The van der Waals surface area contributed by atoms with Crippen molar-refractivity contribution >= 4 is 51.6 Å². The Morgan fingerprint density at radius 2 is 1.62 bits per heavy atom. The van der Waals surface area contributed by atoms with Crippen molar-refractivity contribution < 1.29 is 9.53 Å². The van der Waals surface area contributed by atoms with Crippen LogP contribution in [0.15, 0.2) is 71.8 Å². The van der Waals surface area contributed by atoms with Gasteiger partial charge in [0.15, 0.2) is 0 Å². The Labute approximate surface area is 214 Å². The zero-order valence-electron chi connectivity index (χ0n) is 20.7. The Morgan fingerprint density at radius 3 is 2.41 bits per heavy atom. The first-order chi connectivity index (χ1) is 18.0. The Kier molecular flexibility index (Phi) is 7.18. The van der Waals surface area contributed by atoms with E-state index in [4.69, 9.17) is 9.72 Å². The van der Waals surface area contributed by atoms with E-state index in [9.17, 15) is 4.79 Å². The highest BCUT2D eigenvalue weighted by atomic mass is 16.5. The zero-order chi connectivity index (χ0) is 25.6. The van der Waals surface area contributed by atoms with Gasteiger partial charge in [-0.05, 0) is 36.1 Å². The maximum Gasteiger partial charge on any atom is 0.250 e. The minimum Gasteiger partial charge on any atom is -0.378 e. The highest BCUT2D eigenvalue weighted by molar-refractivity contribution is 5.99. The molecule has 1 saturated heterocycles. The topological polar surface area (TPSA) is 117 Å². The largest absolute Gasteiger partial charge is 0.378 e. The van der Waals surface area contributed by atoms with E-state index >= 15 is 0 Å². The van der Waals surface area contributed by atoms with Crippen LogP contribution in [0.3, 0.4) is 0 Å². The molecule has 5 rings (SSSR count). The smallest absolute Gasteiger partial charge is 0.250 e. The number of fused-ring (bicyclic) bond motifs is 1. The number of hydrogen-bond donors (Lipinski definition) is 3. The van der Waals surface area contributed by atoms with Crippen LogP contribution in [0.1, 0.15) is 19.4 Å². The number of carbonyl (C=O) groups is 1. The Hall–Kier alpha value is -4.57. The van der Waals surface area contributed by atoms with Gasteiger partial charge in [-0.15, -0.1) is 0 Å². The Morgan fingerprint density at radius 1 is 0.892 bits per heavy atom. The third kappa shape index (κ3) is 5.99. The molecular weight excluding hydrogens is 468 g/mol. The molecule has 0 aliphatic carbocycles. The molecule has 0 spiro atoms. The fourth-order valence-electron chi connectivity index (χ4n) is 4.03. The Balaban J connectivity index is 1.42. The number of nitrogens with one attached hydrogen (secondary N) is 3. The molecule has 1 aliphatic heterocycles. The van der Waals surface area contributed by atoms with Crippen LogP contribution in [-0.2, 0) is 9.53 Å². The van der Waals surface area contributed by atoms with Gasteiger partial charge in [0.05, 0.1) is 18.9 Å². The van der Waals surface area contributed by atoms with Crippen molar-refractivity contribution in [3.05, 3.63) is 72.3 Å². The van der Waals surface area contributed by atoms with Gasteiger partial charge >= 0.3 is 0 Å². The molecule has 1 fully saturated rings. The van der Waals surface area contributed by atoms with Crippen molar-refractivity contribution in [2.45, 2.75) is 13.8 Å². The molecule has 0 bridgehead atoms. The quantitative estimate of drug-likeness (QED) is 0.255. The van der Waals surface area contributed by atoms with E-state index in [1.165, 1.54) is 6.92 Å². The summed E-state index contributed by atoms with van der Waals surface area (Å²) in [6.45, 7) is 5.99. The molecule has 10 nitrogen and oxygen atoms in total.